The molecule has 0 amide bonds. The zero-order valence-corrected chi connectivity index (χ0v) is 13.2. The second-order valence-corrected chi connectivity index (χ2v) is 6.81. The molecule has 21 heavy (non-hydrogen) atoms. The van der Waals surface area contributed by atoms with Crippen LogP contribution in [0.5, 0.6) is 0 Å². The largest absolute Gasteiger partial charge is 0.350 e. The Labute approximate surface area is 130 Å². The summed E-state index contributed by atoms with van der Waals surface area (Å²) in [5, 5.41) is 15.6. The third-order valence-corrected chi connectivity index (χ3v) is 5.26. The van der Waals surface area contributed by atoms with Gasteiger partial charge in [0.1, 0.15) is 5.54 Å². The number of fused-ring (bicyclic) bond motifs is 1. The molecule has 0 spiro atoms. The fraction of sp³-hybridized carbons (Fsp3) is 0.471. The van der Waals surface area contributed by atoms with E-state index < -0.39 is 0 Å². The molecule has 2 N–H and O–H groups in total. The van der Waals surface area contributed by atoms with Crippen molar-refractivity contribution in [3.8, 4) is 6.07 Å². The van der Waals surface area contributed by atoms with Gasteiger partial charge in [0.05, 0.1) is 11.1 Å². The topological polar surface area (TPSA) is 51.6 Å². The lowest BCUT2D eigenvalue weighted by Crippen LogP contribution is -2.48. The number of nitrogens with zero attached hydrogens (tertiary/aromatic N) is 1. The van der Waals surface area contributed by atoms with Crippen molar-refractivity contribution in [2.24, 2.45) is 5.92 Å². The molecule has 1 aromatic heterocycles. The number of aromatic amines is 1. The van der Waals surface area contributed by atoms with Crippen LogP contribution < -0.4 is 5.32 Å². The molecular formula is C17H21N3S. The van der Waals surface area contributed by atoms with Gasteiger partial charge in [0.2, 0.25) is 0 Å². The Kier molecular flexibility index (Phi) is 4.23. The van der Waals surface area contributed by atoms with Crippen LogP contribution in [-0.4, -0.2) is 22.8 Å². The molecule has 110 valence electrons. The van der Waals surface area contributed by atoms with Crippen molar-refractivity contribution < 1.29 is 0 Å². The number of H-pyrrole nitrogens is 1. The van der Waals surface area contributed by atoms with Gasteiger partial charge in [-0.1, -0.05) is 25.1 Å². The molecule has 1 atom stereocenters. The number of rotatable bonds is 7. The molecule has 1 aromatic carbocycles. The van der Waals surface area contributed by atoms with E-state index in [9.17, 15) is 5.26 Å². The highest BCUT2D eigenvalue weighted by atomic mass is 32.2. The first-order valence-corrected chi connectivity index (χ1v) is 8.63. The van der Waals surface area contributed by atoms with Crippen LogP contribution in [0.15, 0.2) is 35.4 Å². The zero-order chi connectivity index (χ0) is 14.7. The molecule has 1 unspecified atom stereocenters. The van der Waals surface area contributed by atoms with E-state index in [1.165, 1.54) is 18.2 Å². The maximum absolute atomic E-state index is 9.70. The highest BCUT2D eigenvalue weighted by Crippen LogP contribution is 2.42. The summed E-state index contributed by atoms with van der Waals surface area (Å²) in [4.78, 5) is 3.43. The van der Waals surface area contributed by atoms with E-state index in [1.807, 2.05) is 6.07 Å². The van der Waals surface area contributed by atoms with Crippen LogP contribution in [0.1, 0.15) is 26.2 Å². The number of benzene rings is 1. The average molecular weight is 299 g/mol. The van der Waals surface area contributed by atoms with Crippen molar-refractivity contribution in [2.45, 2.75) is 36.8 Å². The lowest BCUT2D eigenvalue weighted by Gasteiger charge is -2.27. The van der Waals surface area contributed by atoms with E-state index >= 15 is 0 Å². The van der Waals surface area contributed by atoms with E-state index in [0.29, 0.717) is 5.92 Å². The second-order valence-electron chi connectivity index (χ2n) is 5.79. The number of nitrogens with one attached hydrogen (secondary N) is 2. The summed E-state index contributed by atoms with van der Waals surface area (Å²) >= 11 is 1.76. The Morgan fingerprint density at radius 3 is 2.90 bits per heavy atom. The fourth-order valence-corrected chi connectivity index (χ4v) is 3.89. The standard InChI is InChI=1S/C17H21N3S/c1-2-9-19-17(11-18,14-7-8-14)12-21-16-10-13-5-3-4-6-15(13)20-16/h3-6,10,14,19-20H,2,7-9,12H2,1H3. The molecule has 2 aromatic rings. The van der Waals surface area contributed by atoms with E-state index in [2.05, 4.69) is 47.6 Å². The van der Waals surface area contributed by atoms with Crippen molar-refractivity contribution in [3.63, 3.8) is 0 Å². The monoisotopic (exact) mass is 299 g/mol. The van der Waals surface area contributed by atoms with Gasteiger partial charge in [0.15, 0.2) is 0 Å². The molecule has 1 aliphatic carbocycles. The molecule has 3 rings (SSSR count). The maximum Gasteiger partial charge on any atom is 0.119 e. The SMILES string of the molecule is CCCNC(C#N)(CSc1cc2ccccc2[nH]1)C1CC1. The second kappa shape index (κ2) is 6.13. The Morgan fingerprint density at radius 1 is 1.43 bits per heavy atom. The molecule has 0 bridgehead atoms. The third-order valence-electron chi connectivity index (χ3n) is 4.12. The number of nitriles is 1. The molecule has 0 aliphatic heterocycles. The van der Waals surface area contributed by atoms with Crippen molar-refractivity contribution in [1.29, 1.82) is 5.26 Å². The molecule has 1 aliphatic rings. The van der Waals surface area contributed by atoms with Gasteiger partial charge >= 0.3 is 0 Å². The van der Waals surface area contributed by atoms with Gasteiger partial charge < -0.3 is 4.98 Å². The number of para-hydroxylation sites is 1. The van der Waals surface area contributed by atoms with E-state index in [-0.39, 0.29) is 5.54 Å². The van der Waals surface area contributed by atoms with Gasteiger partial charge in [-0.25, -0.2) is 0 Å². The van der Waals surface area contributed by atoms with Crippen LogP contribution in [0.4, 0.5) is 0 Å². The van der Waals surface area contributed by atoms with Crippen molar-refractivity contribution in [1.82, 2.24) is 10.3 Å². The van der Waals surface area contributed by atoms with Gasteiger partial charge in [-0.15, -0.1) is 11.8 Å². The summed E-state index contributed by atoms with van der Waals surface area (Å²) in [7, 11) is 0. The maximum atomic E-state index is 9.70. The molecule has 0 radical (unpaired) electrons. The van der Waals surface area contributed by atoms with Gasteiger partial charge in [0.25, 0.3) is 0 Å². The third kappa shape index (κ3) is 3.09. The van der Waals surface area contributed by atoms with Crippen molar-refractivity contribution >= 4 is 22.7 Å². The number of hydrogen-bond acceptors (Lipinski definition) is 3. The summed E-state index contributed by atoms with van der Waals surface area (Å²) < 4.78 is 0. The van der Waals surface area contributed by atoms with Crippen LogP contribution in [0.2, 0.25) is 0 Å². The highest BCUT2D eigenvalue weighted by Gasteiger charge is 2.45. The summed E-state index contributed by atoms with van der Waals surface area (Å²) in [5.74, 6) is 1.33. The van der Waals surface area contributed by atoms with Gasteiger partial charge in [-0.05, 0) is 43.9 Å². The van der Waals surface area contributed by atoms with Crippen molar-refractivity contribution in [3.05, 3.63) is 30.3 Å². The van der Waals surface area contributed by atoms with Crippen LogP contribution in [0.25, 0.3) is 10.9 Å². The first-order valence-electron chi connectivity index (χ1n) is 7.64. The molecule has 0 saturated heterocycles. The Bertz CT molecular complexity index is 620. The average Bonchev–Trinajstić information content (AvgIpc) is 3.28. The normalized spacial score (nSPS) is 17.5. The smallest absolute Gasteiger partial charge is 0.119 e. The lowest BCUT2D eigenvalue weighted by atomic mass is 9.97. The van der Waals surface area contributed by atoms with Crippen LogP contribution in [0, 0.1) is 17.2 Å². The highest BCUT2D eigenvalue weighted by molar-refractivity contribution is 7.99. The summed E-state index contributed by atoms with van der Waals surface area (Å²) in [5.41, 5.74) is 0.799. The lowest BCUT2D eigenvalue weighted by molar-refractivity contribution is 0.405. The Hall–Kier alpha value is -1.44. The van der Waals surface area contributed by atoms with Crippen molar-refractivity contribution in [2.75, 3.05) is 12.3 Å². The first kappa shape index (κ1) is 14.5. The minimum absolute atomic E-state index is 0.363. The fourth-order valence-electron chi connectivity index (χ4n) is 2.72. The van der Waals surface area contributed by atoms with Crippen LogP contribution in [-0.2, 0) is 0 Å². The quantitative estimate of drug-likeness (QED) is 0.762. The summed E-state index contributed by atoms with van der Waals surface area (Å²) in [6.45, 7) is 3.06. The molecular weight excluding hydrogens is 278 g/mol. The Balaban J connectivity index is 1.72. The van der Waals surface area contributed by atoms with E-state index in [0.717, 1.165) is 29.3 Å². The molecule has 3 nitrogen and oxygen atoms in total. The van der Waals surface area contributed by atoms with Gasteiger partial charge in [-0.2, -0.15) is 5.26 Å². The summed E-state index contributed by atoms with van der Waals surface area (Å²) in [6.07, 6.45) is 3.42. The molecule has 4 heteroatoms. The minimum atomic E-state index is -0.363. The number of aromatic nitrogens is 1. The predicted molar refractivity (Wildman–Crippen MR) is 88.4 cm³/mol. The van der Waals surface area contributed by atoms with E-state index in [1.54, 1.807) is 11.8 Å². The molecule has 1 fully saturated rings. The van der Waals surface area contributed by atoms with Crippen LogP contribution in [0.3, 0.4) is 0 Å². The predicted octanol–water partition coefficient (Wildman–Crippen LogP) is 3.93. The molecule has 1 heterocycles. The zero-order valence-electron chi connectivity index (χ0n) is 12.4. The molecule has 1 saturated carbocycles. The van der Waals surface area contributed by atoms with Crippen LogP contribution >= 0.6 is 11.8 Å². The van der Waals surface area contributed by atoms with E-state index in [4.69, 9.17) is 0 Å². The van der Waals surface area contributed by atoms with Gasteiger partial charge in [0, 0.05) is 16.7 Å². The number of thioether (sulfide) groups is 1. The first-order chi connectivity index (χ1) is 10.3. The summed E-state index contributed by atoms with van der Waals surface area (Å²) in [6, 6.07) is 13.0. The Morgan fingerprint density at radius 2 is 2.24 bits per heavy atom. The van der Waals surface area contributed by atoms with Gasteiger partial charge in [-0.3, -0.25) is 5.32 Å². The number of hydrogen-bond donors (Lipinski definition) is 2. The minimum Gasteiger partial charge on any atom is -0.350 e.